The average molecular weight is 268 g/mol. The number of aromatic nitrogens is 1. The van der Waals surface area contributed by atoms with Crippen LogP contribution in [0, 0.1) is 11.3 Å². The van der Waals surface area contributed by atoms with Gasteiger partial charge in [-0.25, -0.2) is 8.78 Å². The molecule has 1 heterocycles. The summed E-state index contributed by atoms with van der Waals surface area (Å²) < 4.78 is 64.6. The molecular weight excluding hydrogens is 263 g/mol. The molecule has 0 spiro atoms. The Labute approximate surface area is 96.6 Å². The van der Waals surface area contributed by atoms with Crippen LogP contribution in [0.3, 0.4) is 0 Å². The van der Waals surface area contributed by atoms with E-state index < -0.39 is 41.8 Å². The van der Waals surface area contributed by atoms with E-state index in [9.17, 15) is 26.7 Å². The minimum atomic E-state index is -5.20. The molecule has 9 heteroatoms. The van der Waals surface area contributed by atoms with Crippen molar-refractivity contribution in [2.45, 2.75) is 19.2 Å². The number of rotatable bonds is 3. The van der Waals surface area contributed by atoms with Crippen LogP contribution in [0.5, 0.6) is 5.75 Å². The van der Waals surface area contributed by atoms with Gasteiger partial charge >= 0.3 is 6.36 Å². The Morgan fingerprint density at radius 3 is 2.50 bits per heavy atom. The molecule has 0 aliphatic carbocycles. The van der Waals surface area contributed by atoms with Crippen molar-refractivity contribution in [3.8, 4) is 11.8 Å². The second-order valence-corrected chi connectivity index (χ2v) is 3.09. The number of nitrogens with one attached hydrogen (secondary N) is 1. The van der Waals surface area contributed by atoms with Gasteiger partial charge in [-0.2, -0.15) is 5.26 Å². The Balaban J connectivity index is 3.41. The van der Waals surface area contributed by atoms with Gasteiger partial charge in [-0.15, -0.1) is 13.2 Å². The van der Waals surface area contributed by atoms with E-state index in [1.54, 1.807) is 4.98 Å². The zero-order valence-corrected chi connectivity index (χ0v) is 8.52. The molecule has 98 valence electrons. The first-order valence-corrected chi connectivity index (χ1v) is 4.41. The zero-order valence-electron chi connectivity index (χ0n) is 8.52. The van der Waals surface area contributed by atoms with Gasteiger partial charge in [0.05, 0.1) is 12.5 Å². The van der Waals surface area contributed by atoms with Gasteiger partial charge < -0.3 is 9.72 Å². The number of alkyl halides is 5. The highest BCUT2D eigenvalue weighted by Crippen LogP contribution is 2.33. The Morgan fingerprint density at radius 2 is 2.06 bits per heavy atom. The molecule has 0 bridgehead atoms. The summed E-state index contributed by atoms with van der Waals surface area (Å²) in [5, 5.41) is 8.38. The van der Waals surface area contributed by atoms with Crippen LogP contribution in [0.25, 0.3) is 0 Å². The highest BCUT2D eigenvalue weighted by molar-refractivity contribution is 5.39. The fourth-order valence-corrected chi connectivity index (χ4v) is 1.23. The third kappa shape index (κ3) is 3.44. The minimum Gasteiger partial charge on any atom is -0.403 e. The number of nitriles is 1. The summed E-state index contributed by atoms with van der Waals surface area (Å²) >= 11 is 0. The van der Waals surface area contributed by atoms with Crippen molar-refractivity contribution in [1.29, 1.82) is 5.26 Å². The molecule has 0 saturated carbocycles. The lowest BCUT2D eigenvalue weighted by molar-refractivity contribution is -0.275. The number of hydrogen-bond acceptors (Lipinski definition) is 3. The van der Waals surface area contributed by atoms with Gasteiger partial charge in [0.2, 0.25) is 5.56 Å². The van der Waals surface area contributed by atoms with Crippen LogP contribution in [0.2, 0.25) is 0 Å². The average Bonchev–Trinajstić information content (AvgIpc) is 2.19. The summed E-state index contributed by atoms with van der Waals surface area (Å²) in [5.74, 6) is -1.24. The van der Waals surface area contributed by atoms with E-state index in [1.165, 1.54) is 6.07 Å². The van der Waals surface area contributed by atoms with Crippen molar-refractivity contribution in [2.24, 2.45) is 0 Å². The summed E-state index contributed by atoms with van der Waals surface area (Å²) in [6.45, 7) is 0. The van der Waals surface area contributed by atoms with Gasteiger partial charge in [0.25, 0.3) is 6.43 Å². The maximum atomic E-state index is 12.5. The van der Waals surface area contributed by atoms with Gasteiger partial charge in [-0.05, 0) is 0 Å². The number of halogens is 5. The van der Waals surface area contributed by atoms with E-state index >= 15 is 0 Å². The minimum absolute atomic E-state index is 0.547. The predicted molar refractivity (Wildman–Crippen MR) is 48.0 cm³/mol. The molecule has 0 amide bonds. The molecule has 4 nitrogen and oxygen atoms in total. The molecule has 1 N–H and O–H groups in total. The molecule has 0 fully saturated rings. The molecule has 1 aromatic rings. The van der Waals surface area contributed by atoms with Gasteiger partial charge in [0, 0.05) is 11.6 Å². The Kier molecular flexibility index (Phi) is 3.90. The van der Waals surface area contributed by atoms with Crippen molar-refractivity contribution < 1.29 is 26.7 Å². The fraction of sp³-hybridized carbons (Fsp3) is 0.333. The smallest absolute Gasteiger partial charge is 0.403 e. The van der Waals surface area contributed by atoms with E-state index in [0.29, 0.717) is 6.07 Å². The van der Waals surface area contributed by atoms with Crippen molar-refractivity contribution >= 4 is 0 Å². The molecule has 18 heavy (non-hydrogen) atoms. The number of H-pyrrole nitrogens is 1. The predicted octanol–water partition coefficient (Wildman–Crippen LogP) is 2.28. The quantitative estimate of drug-likeness (QED) is 0.855. The lowest BCUT2D eigenvalue weighted by Gasteiger charge is -2.15. The van der Waals surface area contributed by atoms with E-state index in [1.807, 2.05) is 0 Å². The summed E-state index contributed by atoms with van der Waals surface area (Å²) in [4.78, 5) is 12.5. The molecular formula is C9H5F5N2O2. The van der Waals surface area contributed by atoms with Crippen molar-refractivity contribution in [2.75, 3.05) is 0 Å². The van der Waals surface area contributed by atoms with Gasteiger partial charge in [0.1, 0.15) is 5.69 Å². The number of aromatic amines is 1. The first-order chi connectivity index (χ1) is 8.24. The third-order valence-electron chi connectivity index (χ3n) is 1.80. The molecule has 0 aliphatic rings. The van der Waals surface area contributed by atoms with Crippen LogP contribution in [0.4, 0.5) is 22.0 Å². The van der Waals surface area contributed by atoms with Crippen molar-refractivity contribution in [1.82, 2.24) is 4.98 Å². The van der Waals surface area contributed by atoms with Crippen LogP contribution in [0.1, 0.15) is 17.7 Å². The standard InChI is InChI=1S/C9H5F5N2O2/c10-8(11)6-7(18-9(12,13)14)4(1-2-15)3-5(17)16-6/h3,8H,1H2,(H,16,17). The lowest BCUT2D eigenvalue weighted by Crippen LogP contribution is -2.22. The summed E-state index contributed by atoms with van der Waals surface area (Å²) in [7, 11) is 0. The maximum Gasteiger partial charge on any atom is 0.573 e. The highest BCUT2D eigenvalue weighted by atomic mass is 19.4. The molecule has 0 atom stereocenters. The second kappa shape index (κ2) is 5.03. The Hall–Kier alpha value is -2.11. The van der Waals surface area contributed by atoms with Crippen LogP contribution in [-0.4, -0.2) is 11.3 Å². The number of hydrogen-bond donors (Lipinski definition) is 1. The lowest BCUT2D eigenvalue weighted by atomic mass is 10.1. The fourth-order valence-electron chi connectivity index (χ4n) is 1.23. The normalized spacial score (nSPS) is 11.4. The van der Waals surface area contributed by atoms with Crippen LogP contribution < -0.4 is 10.3 Å². The first kappa shape index (κ1) is 14.0. The largest absolute Gasteiger partial charge is 0.573 e. The SMILES string of the molecule is N#CCc1cc(=O)[nH]c(C(F)F)c1OC(F)(F)F. The zero-order chi connectivity index (χ0) is 13.9. The van der Waals surface area contributed by atoms with Gasteiger partial charge in [-0.1, -0.05) is 0 Å². The monoisotopic (exact) mass is 268 g/mol. The third-order valence-corrected chi connectivity index (χ3v) is 1.80. The molecule has 1 rings (SSSR count). The van der Waals surface area contributed by atoms with Crippen LogP contribution >= 0.6 is 0 Å². The number of nitrogens with zero attached hydrogens (tertiary/aromatic N) is 1. The Bertz CT molecular complexity index is 529. The number of ether oxygens (including phenoxy) is 1. The molecule has 0 saturated heterocycles. The van der Waals surface area contributed by atoms with E-state index in [2.05, 4.69) is 4.74 Å². The van der Waals surface area contributed by atoms with Crippen molar-refractivity contribution in [3.05, 3.63) is 27.7 Å². The number of pyridine rings is 1. The first-order valence-electron chi connectivity index (χ1n) is 4.41. The molecule has 0 unspecified atom stereocenters. The van der Waals surface area contributed by atoms with E-state index in [0.717, 1.165) is 0 Å². The highest BCUT2D eigenvalue weighted by Gasteiger charge is 2.35. The van der Waals surface area contributed by atoms with Gasteiger partial charge in [0.15, 0.2) is 5.75 Å². The van der Waals surface area contributed by atoms with E-state index in [-0.39, 0.29) is 0 Å². The summed E-state index contributed by atoms with van der Waals surface area (Å²) in [6.07, 6.45) is -9.23. The van der Waals surface area contributed by atoms with Crippen LogP contribution in [0.15, 0.2) is 10.9 Å². The van der Waals surface area contributed by atoms with E-state index in [4.69, 9.17) is 5.26 Å². The van der Waals surface area contributed by atoms with Crippen molar-refractivity contribution in [3.63, 3.8) is 0 Å². The summed E-state index contributed by atoms with van der Waals surface area (Å²) in [6, 6.07) is 2.07. The van der Waals surface area contributed by atoms with Crippen LogP contribution in [-0.2, 0) is 6.42 Å². The van der Waals surface area contributed by atoms with Gasteiger partial charge in [-0.3, -0.25) is 4.79 Å². The maximum absolute atomic E-state index is 12.5. The second-order valence-electron chi connectivity index (χ2n) is 3.09. The molecule has 0 aliphatic heterocycles. The molecule has 1 aromatic heterocycles. The molecule has 0 radical (unpaired) electrons. The topological polar surface area (TPSA) is 65.9 Å². The molecule has 0 aromatic carbocycles. The Morgan fingerprint density at radius 1 is 1.44 bits per heavy atom. The summed E-state index contributed by atoms with van der Waals surface area (Å²) in [5.41, 5.74) is -2.89.